The summed E-state index contributed by atoms with van der Waals surface area (Å²) in [6.45, 7) is 0.351. The molecule has 2 fully saturated rings. The highest BCUT2D eigenvalue weighted by Gasteiger charge is 2.41. The van der Waals surface area contributed by atoms with Crippen LogP contribution < -0.4 is 4.74 Å². The molecule has 0 N–H and O–H groups in total. The van der Waals surface area contributed by atoms with Crippen LogP contribution in [0.1, 0.15) is 36.4 Å². The van der Waals surface area contributed by atoms with Crippen molar-refractivity contribution in [1.29, 1.82) is 0 Å². The van der Waals surface area contributed by atoms with Crippen molar-refractivity contribution in [1.82, 2.24) is 4.98 Å². The van der Waals surface area contributed by atoms with Crippen molar-refractivity contribution in [2.75, 3.05) is 5.75 Å². The fraction of sp³-hybridized carbons (Fsp3) is 0.400. The predicted molar refractivity (Wildman–Crippen MR) is 96.7 cm³/mol. The molecule has 0 radical (unpaired) electrons. The number of hydrogen-bond donors (Lipinski definition) is 0. The number of thioether (sulfide) groups is 1. The number of aromatic nitrogens is 1. The molecule has 4 nitrogen and oxygen atoms in total. The minimum atomic E-state index is -0.763. The quantitative estimate of drug-likeness (QED) is 0.466. The minimum absolute atomic E-state index is 0.00861. The van der Waals surface area contributed by atoms with Crippen LogP contribution >= 0.6 is 11.8 Å². The molecule has 27 heavy (non-hydrogen) atoms. The summed E-state index contributed by atoms with van der Waals surface area (Å²) in [7, 11) is 0. The predicted octanol–water partition coefficient (Wildman–Crippen LogP) is 4.47. The van der Waals surface area contributed by atoms with Crippen LogP contribution in [-0.2, 0) is 16.1 Å². The average Bonchev–Trinajstić information content (AvgIpc) is 3.55. The molecule has 4 rings (SSSR count). The zero-order valence-corrected chi connectivity index (χ0v) is 15.4. The average molecular weight is 391 g/mol. The summed E-state index contributed by atoms with van der Waals surface area (Å²) < 4.78 is 38.8. The number of ether oxygens (including phenoxy) is 2. The number of rotatable bonds is 9. The van der Waals surface area contributed by atoms with Crippen molar-refractivity contribution in [3.63, 3.8) is 0 Å². The maximum atomic E-state index is 14.3. The molecule has 2 aliphatic carbocycles. The first-order valence-corrected chi connectivity index (χ1v) is 9.92. The van der Waals surface area contributed by atoms with Crippen LogP contribution in [0.25, 0.3) is 0 Å². The normalized spacial score (nSPS) is 21.0. The van der Waals surface area contributed by atoms with Crippen LogP contribution in [-0.4, -0.2) is 23.3 Å². The number of nitrogens with zero attached hydrogens (tertiary/aromatic N) is 1. The third kappa shape index (κ3) is 4.58. The van der Waals surface area contributed by atoms with Gasteiger partial charge in [0.2, 0.25) is 0 Å². The topological polar surface area (TPSA) is 48.4 Å². The molecule has 0 bridgehead atoms. The van der Waals surface area contributed by atoms with E-state index in [0.717, 1.165) is 16.7 Å². The molecular formula is C20H19F2NO3S. The lowest BCUT2D eigenvalue weighted by atomic mass is 10.1. The minimum Gasteiger partial charge on any atom is -0.481 e. The van der Waals surface area contributed by atoms with Gasteiger partial charge in [-0.3, -0.25) is 4.79 Å². The molecule has 2 atom stereocenters. The Kier molecular flexibility index (Phi) is 5.29. The van der Waals surface area contributed by atoms with Crippen molar-refractivity contribution < 1.29 is 23.0 Å². The first-order chi connectivity index (χ1) is 13.1. The molecular weight excluding hydrogens is 372 g/mol. The maximum absolute atomic E-state index is 14.3. The number of carbonyl (C=O) groups excluding carboxylic acids is 1. The third-order valence-electron chi connectivity index (χ3n) is 4.72. The van der Waals surface area contributed by atoms with Crippen LogP contribution in [0.3, 0.4) is 0 Å². The standard InChI is InChI=1S/C20H19F2NO3S/c21-16-6-13(15-8-18(15)26-11-24)7-17(22)20(16)25-9-14-2-1-3-19(23-14)27-10-12-4-5-12/h1-3,6-7,11-12,15,18H,4-5,8-10H2. The van der Waals surface area contributed by atoms with Gasteiger partial charge < -0.3 is 9.47 Å². The van der Waals surface area contributed by atoms with Gasteiger partial charge in [-0.15, -0.1) is 11.8 Å². The Morgan fingerprint density at radius 1 is 1.22 bits per heavy atom. The summed E-state index contributed by atoms with van der Waals surface area (Å²) in [5.41, 5.74) is 1.10. The lowest BCUT2D eigenvalue weighted by Gasteiger charge is -2.10. The lowest BCUT2D eigenvalue weighted by Crippen LogP contribution is -2.03. The second kappa shape index (κ2) is 7.84. The summed E-state index contributed by atoms with van der Waals surface area (Å²) in [5, 5.41) is 0.897. The van der Waals surface area contributed by atoms with E-state index in [0.29, 0.717) is 24.2 Å². The van der Waals surface area contributed by atoms with E-state index < -0.39 is 17.4 Å². The number of hydrogen-bond acceptors (Lipinski definition) is 5. The van der Waals surface area contributed by atoms with Crippen LogP contribution in [0.2, 0.25) is 0 Å². The van der Waals surface area contributed by atoms with Crippen molar-refractivity contribution in [3.05, 3.63) is 53.2 Å². The Labute approximate surface area is 160 Å². The summed E-state index contributed by atoms with van der Waals surface area (Å²) >= 11 is 1.70. The molecule has 2 saturated carbocycles. The van der Waals surface area contributed by atoms with Crippen LogP contribution in [0, 0.1) is 17.6 Å². The molecule has 2 unspecified atom stereocenters. The Morgan fingerprint density at radius 2 is 2.00 bits per heavy atom. The molecule has 0 aliphatic heterocycles. The number of benzene rings is 1. The van der Waals surface area contributed by atoms with E-state index in [4.69, 9.17) is 9.47 Å². The molecule has 7 heteroatoms. The molecule has 142 valence electrons. The van der Waals surface area contributed by atoms with Gasteiger partial charge in [0, 0.05) is 11.7 Å². The fourth-order valence-electron chi connectivity index (χ4n) is 2.93. The van der Waals surface area contributed by atoms with E-state index in [9.17, 15) is 13.6 Å². The summed E-state index contributed by atoms with van der Waals surface area (Å²) in [6.07, 6.45) is 2.85. The molecule has 1 aromatic heterocycles. The zero-order chi connectivity index (χ0) is 18.8. The fourth-order valence-corrected chi connectivity index (χ4v) is 4.02. The number of pyridine rings is 1. The van der Waals surface area contributed by atoms with E-state index in [2.05, 4.69) is 4.98 Å². The highest BCUT2D eigenvalue weighted by Crippen LogP contribution is 2.44. The van der Waals surface area contributed by atoms with Gasteiger partial charge in [-0.2, -0.15) is 0 Å². The largest absolute Gasteiger partial charge is 0.481 e. The SMILES string of the molecule is O=COC1CC1c1cc(F)c(OCc2cccc(SCC3CC3)n2)c(F)c1. The van der Waals surface area contributed by atoms with Gasteiger partial charge in [0.25, 0.3) is 6.47 Å². The van der Waals surface area contributed by atoms with E-state index in [-0.39, 0.29) is 18.6 Å². The van der Waals surface area contributed by atoms with Gasteiger partial charge in [-0.25, -0.2) is 13.8 Å². The molecule has 0 spiro atoms. The number of halogens is 2. The van der Waals surface area contributed by atoms with Crippen LogP contribution in [0.4, 0.5) is 8.78 Å². The van der Waals surface area contributed by atoms with Crippen molar-refractivity contribution in [3.8, 4) is 5.75 Å². The van der Waals surface area contributed by atoms with Gasteiger partial charge in [0.15, 0.2) is 17.4 Å². The Bertz CT molecular complexity index is 821. The maximum Gasteiger partial charge on any atom is 0.293 e. The van der Waals surface area contributed by atoms with Crippen molar-refractivity contribution in [2.45, 2.75) is 42.9 Å². The molecule has 2 aromatic rings. The second-order valence-electron chi connectivity index (χ2n) is 6.94. The number of carbonyl (C=O) groups is 1. The van der Waals surface area contributed by atoms with Gasteiger partial charge >= 0.3 is 0 Å². The summed E-state index contributed by atoms with van der Waals surface area (Å²) in [6, 6.07) is 8.06. The second-order valence-corrected chi connectivity index (χ2v) is 7.98. The Balaban J connectivity index is 1.39. The summed E-state index contributed by atoms with van der Waals surface area (Å²) in [5.74, 6) is -0.249. The van der Waals surface area contributed by atoms with E-state index in [1.807, 2.05) is 12.1 Å². The zero-order valence-electron chi connectivity index (χ0n) is 14.6. The third-order valence-corrected chi connectivity index (χ3v) is 5.88. The Hall–Kier alpha value is -2.15. The molecule has 2 aliphatic rings. The van der Waals surface area contributed by atoms with E-state index in [1.165, 1.54) is 25.0 Å². The monoisotopic (exact) mass is 391 g/mol. The smallest absolute Gasteiger partial charge is 0.293 e. The van der Waals surface area contributed by atoms with Crippen molar-refractivity contribution >= 4 is 18.2 Å². The lowest BCUT2D eigenvalue weighted by molar-refractivity contribution is -0.129. The first-order valence-electron chi connectivity index (χ1n) is 8.93. The highest BCUT2D eigenvalue weighted by atomic mass is 32.2. The molecule has 0 amide bonds. The van der Waals surface area contributed by atoms with Gasteiger partial charge in [0.1, 0.15) is 12.7 Å². The molecule has 1 heterocycles. The van der Waals surface area contributed by atoms with Gasteiger partial charge in [-0.1, -0.05) is 6.07 Å². The molecule has 0 saturated heterocycles. The summed E-state index contributed by atoms with van der Waals surface area (Å²) in [4.78, 5) is 14.8. The first kappa shape index (κ1) is 18.2. The highest BCUT2D eigenvalue weighted by molar-refractivity contribution is 7.99. The van der Waals surface area contributed by atoms with Crippen molar-refractivity contribution in [2.24, 2.45) is 5.92 Å². The van der Waals surface area contributed by atoms with Gasteiger partial charge in [-0.05, 0) is 55.0 Å². The van der Waals surface area contributed by atoms with E-state index in [1.54, 1.807) is 17.8 Å². The Morgan fingerprint density at radius 3 is 2.70 bits per heavy atom. The van der Waals surface area contributed by atoms with Crippen LogP contribution in [0.5, 0.6) is 5.75 Å². The molecule has 1 aromatic carbocycles. The van der Waals surface area contributed by atoms with Crippen LogP contribution in [0.15, 0.2) is 35.4 Å². The van der Waals surface area contributed by atoms with Gasteiger partial charge in [0.05, 0.1) is 10.7 Å². The van der Waals surface area contributed by atoms with E-state index >= 15 is 0 Å².